The van der Waals surface area contributed by atoms with Gasteiger partial charge in [-0.05, 0) is 49.3 Å². The molecule has 6 heteroatoms. The van der Waals surface area contributed by atoms with Gasteiger partial charge < -0.3 is 18.9 Å². The summed E-state index contributed by atoms with van der Waals surface area (Å²) in [6.07, 6.45) is 3.06. The average molecular weight is 425 g/mol. The second-order valence-electron chi connectivity index (χ2n) is 9.13. The van der Waals surface area contributed by atoms with Crippen LogP contribution in [-0.4, -0.2) is 42.2 Å². The number of hydrogen-bond acceptors (Lipinski definition) is 4. The molecule has 0 N–H and O–H groups in total. The fourth-order valence-corrected chi connectivity index (χ4v) is 5.09. The van der Waals surface area contributed by atoms with Crippen LogP contribution in [0.25, 0.3) is 0 Å². The molecule has 1 saturated heterocycles. The normalized spacial score (nSPS) is 22.2. The number of fused-ring (bicyclic) bond motifs is 4. The van der Waals surface area contributed by atoms with Gasteiger partial charge in [-0.25, -0.2) is 0 Å². The Labute approximate surface area is 183 Å². The molecule has 3 heterocycles. The third kappa shape index (κ3) is 4.48. The maximum absolute atomic E-state index is 13.0. The number of ether oxygens (including phenoxy) is 2. The SMILES string of the molecule is COc1ccccc1OCC(=O)N1C[C@H]2C[C@@H](C1)[C@H](CCC(C)C)n1c2cccc1=O. The van der Waals surface area contributed by atoms with Gasteiger partial charge in [0.25, 0.3) is 11.5 Å². The van der Waals surface area contributed by atoms with Crippen molar-refractivity contribution < 1.29 is 14.3 Å². The van der Waals surface area contributed by atoms with Crippen molar-refractivity contribution in [1.29, 1.82) is 0 Å². The second kappa shape index (κ2) is 9.16. The van der Waals surface area contributed by atoms with Crippen molar-refractivity contribution in [3.8, 4) is 11.5 Å². The Balaban J connectivity index is 1.52. The van der Waals surface area contributed by atoms with Crippen molar-refractivity contribution in [1.82, 2.24) is 9.47 Å². The van der Waals surface area contributed by atoms with Crippen LogP contribution in [0.2, 0.25) is 0 Å². The molecule has 6 nitrogen and oxygen atoms in total. The smallest absolute Gasteiger partial charge is 0.260 e. The van der Waals surface area contributed by atoms with Crippen LogP contribution in [-0.2, 0) is 4.79 Å². The molecule has 0 radical (unpaired) electrons. The molecule has 0 unspecified atom stereocenters. The van der Waals surface area contributed by atoms with Crippen LogP contribution in [0, 0.1) is 11.8 Å². The Kier molecular flexibility index (Phi) is 6.35. The van der Waals surface area contributed by atoms with Gasteiger partial charge in [0.1, 0.15) is 0 Å². The number of carbonyl (C=O) groups is 1. The summed E-state index contributed by atoms with van der Waals surface area (Å²) in [5.74, 6) is 2.24. The molecule has 2 bridgehead atoms. The van der Waals surface area contributed by atoms with E-state index in [0.717, 1.165) is 25.0 Å². The molecule has 4 rings (SSSR count). The minimum absolute atomic E-state index is 0.0158. The van der Waals surface area contributed by atoms with Crippen LogP contribution < -0.4 is 15.0 Å². The standard InChI is InChI=1S/C25H32N2O4/c1-17(2)11-12-21-19-13-18(20-7-6-10-24(28)27(20)21)14-26(15-19)25(29)16-31-23-9-5-4-8-22(23)30-3/h4-10,17-19,21H,11-16H2,1-3H3/t18-,19+,21+/m1/s1. The van der Waals surface area contributed by atoms with Crippen LogP contribution in [0.15, 0.2) is 47.3 Å². The quantitative estimate of drug-likeness (QED) is 0.677. The van der Waals surface area contributed by atoms with Crippen LogP contribution >= 0.6 is 0 Å². The molecular formula is C25H32N2O4. The number of piperidine rings is 1. The van der Waals surface area contributed by atoms with Crippen molar-refractivity contribution in [2.24, 2.45) is 11.8 Å². The zero-order valence-corrected chi connectivity index (χ0v) is 18.6. The minimum atomic E-state index is -0.0186. The highest BCUT2D eigenvalue weighted by Crippen LogP contribution is 2.43. The van der Waals surface area contributed by atoms with Gasteiger partial charge in [0.05, 0.1) is 7.11 Å². The number of methoxy groups -OCH3 is 1. The van der Waals surface area contributed by atoms with E-state index in [1.807, 2.05) is 39.8 Å². The first-order chi connectivity index (χ1) is 15.0. The second-order valence-corrected chi connectivity index (χ2v) is 9.13. The number of nitrogens with zero attached hydrogens (tertiary/aromatic N) is 2. The van der Waals surface area contributed by atoms with Crippen molar-refractivity contribution in [2.75, 3.05) is 26.8 Å². The van der Waals surface area contributed by atoms with Gasteiger partial charge in [-0.2, -0.15) is 0 Å². The lowest BCUT2D eigenvalue weighted by atomic mass is 9.76. The van der Waals surface area contributed by atoms with Gasteiger partial charge in [0.15, 0.2) is 18.1 Å². The van der Waals surface area contributed by atoms with Crippen LogP contribution in [0.5, 0.6) is 11.5 Å². The molecule has 31 heavy (non-hydrogen) atoms. The van der Waals surface area contributed by atoms with Crippen LogP contribution in [0.3, 0.4) is 0 Å². The van der Waals surface area contributed by atoms with Crippen molar-refractivity contribution >= 4 is 5.91 Å². The van der Waals surface area contributed by atoms with E-state index in [-0.39, 0.29) is 30.0 Å². The summed E-state index contributed by atoms with van der Waals surface area (Å²) >= 11 is 0. The van der Waals surface area contributed by atoms with E-state index in [9.17, 15) is 9.59 Å². The van der Waals surface area contributed by atoms with E-state index in [4.69, 9.17) is 9.47 Å². The van der Waals surface area contributed by atoms with Gasteiger partial charge >= 0.3 is 0 Å². The number of amides is 1. The van der Waals surface area contributed by atoms with E-state index in [1.54, 1.807) is 13.2 Å². The molecular weight excluding hydrogens is 392 g/mol. The lowest BCUT2D eigenvalue weighted by Gasteiger charge is -2.47. The fourth-order valence-electron chi connectivity index (χ4n) is 5.09. The fraction of sp³-hybridized carbons (Fsp3) is 0.520. The number of carbonyl (C=O) groups excluding carboxylic acids is 1. The summed E-state index contributed by atoms with van der Waals surface area (Å²) in [4.78, 5) is 27.7. The van der Waals surface area contributed by atoms with Crippen LogP contribution in [0.4, 0.5) is 0 Å². The van der Waals surface area contributed by atoms with Crippen molar-refractivity contribution in [3.63, 3.8) is 0 Å². The first-order valence-electron chi connectivity index (χ1n) is 11.2. The summed E-state index contributed by atoms with van der Waals surface area (Å²) in [7, 11) is 1.59. The molecule has 2 aliphatic rings. The topological polar surface area (TPSA) is 60.8 Å². The summed E-state index contributed by atoms with van der Waals surface area (Å²) < 4.78 is 13.1. The van der Waals surface area contributed by atoms with E-state index in [1.165, 1.54) is 0 Å². The Hall–Kier alpha value is -2.76. The molecule has 0 spiro atoms. The predicted octanol–water partition coefficient (Wildman–Crippen LogP) is 3.86. The molecule has 3 atom stereocenters. The molecule has 1 amide bonds. The molecule has 2 aromatic rings. The maximum atomic E-state index is 13.0. The summed E-state index contributed by atoms with van der Waals surface area (Å²) in [6, 6.07) is 13.1. The number of benzene rings is 1. The van der Waals surface area contributed by atoms with Gasteiger partial charge in [-0.1, -0.05) is 32.0 Å². The third-order valence-electron chi connectivity index (χ3n) is 6.61. The number of pyridine rings is 1. The van der Waals surface area contributed by atoms with Gasteiger partial charge in [0.2, 0.25) is 0 Å². The Morgan fingerprint density at radius 2 is 1.87 bits per heavy atom. The first kappa shape index (κ1) is 21.5. The molecule has 166 valence electrons. The summed E-state index contributed by atoms with van der Waals surface area (Å²) in [5, 5.41) is 0. The molecule has 1 aromatic heterocycles. The Morgan fingerprint density at radius 3 is 2.61 bits per heavy atom. The lowest BCUT2D eigenvalue weighted by Crippen LogP contribution is -2.52. The molecule has 1 aromatic carbocycles. The van der Waals surface area contributed by atoms with Gasteiger partial charge in [-0.15, -0.1) is 0 Å². The number of rotatable bonds is 7. The number of para-hydroxylation sites is 2. The monoisotopic (exact) mass is 424 g/mol. The van der Waals surface area contributed by atoms with E-state index in [0.29, 0.717) is 36.4 Å². The maximum Gasteiger partial charge on any atom is 0.260 e. The number of aromatic nitrogens is 1. The third-order valence-corrected chi connectivity index (χ3v) is 6.61. The predicted molar refractivity (Wildman–Crippen MR) is 120 cm³/mol. The lowest BCUT2D eigenvalue weighted by molar-refractivity contribution is -0.136. The highest BCUT2D eigenvalue weighted by atomic mass is 16.5. The summed E-state index contributed by atoms with van der Waals surface area (Å²) in [6.45, 7) is 5.72. The first-order valence-corrected chi connectivity index (χ1v) is 11.2. The van der Waals surface area contributed by atoms with E-state index in [2.05, 4.69) is 19.9 Å². The Bertz CT molecular complexity index is 983. The van der Waals surface area contributed by atoms with Gasteiger partial charge in [0, 0.05) is 36.8 Å². The highest BCUT2D eigenvalue weighted by molar-refractivity contribution is 5.78. The molecule has 1 fully saturated rings. The summed E-state index contributed by atoms with van der Waals surface area (Å²) in [5.41, 5.74) is 1.15. The largest absolute Gasteiger partial charge is 0.493 e. The van der Waals surface area contributed by atoms with Crippen molar-refractivity contribution in [3.05, 3.63) is 58.5 Å². The van der Waals surface area contributed by atoms with Crippen molar-refractivity contribution in [2.45, 2.75) is 45.1 Å². The van der Waals surface area contributed by atoms with E-state index >= 15 is 0 Å². The van der Waals surface area contributed by atoms with Gasteiger partial charge in [-0.3, -0.25) is 9.59 Å². The Morgan fingerprint density at radius 1 is 1.10 bits per heavy atom. The zero-order valence-electron chi connectivity index (χ0n) is 18.6. The van der Waals surface area contributed by atoms with Crippen LogP contribution in [0.1, 0.15) is 50.8 Å². The minimum Gasteiger partial charge on any atom is -0.493 e. The molecule has 2 aliphatic heterocycles. The molecule has 0 saturated carbocycles. The highest BCUT2D eigenvalue weighted by Gasteiger charge is 2.41. The average Bonchev–Trinajstić information content (AvgIpc) is 2.77. The zero-order chi connectivity index (χ0) is 22.0. The van der Waals surface area contributed by atoms with E-state index < -0.39 is 0 Å². The number of likely N-dealkylation sites (tertiary alicyclic amines) is 1. The molecule has 0 aliphatic carbocycles. The number of hydrogen-bond donors (Lipinski definition) is 0.